The molecule has 0 radical (unpaired) electrons. The Morgan fingerprint density at radius 3 is 2.75 bits per heavy atom. The van der Waals surface area contributed by atoms with Crippen LogP contribution in [0.25, 0.3) is 0 Å². The Hall–Kier alpha value is -2.63. The summed E-state index contributed by atoms with van der Waals surface area (Å²) in [5.41, 5.74) is 2.09. The van der Waals surface area contributed by atoms with Crippen LogP contribution in [-0.2, 0) is 11.3 Å². The van der Waals surface area contributed by atoms with Gasteiger partial charge in [0, 0.05) is 11.9 Å². The number of carboxylic acid groups (broad SMARTS) is 1. The first-order chi connectivity index (χ1) is 9.45. The SMILES string of the molecule is Cc1cc(C)nc(NC(=O)c2cccn2CC(=O)O)c1. The second-order valence-corrected chi connectivity index (χ2v) is 4.54. The van der Waals surface area contributed by atoms with Crippen molar-refractivity contribution in [1.29, 1.82) is 0 Å². The van der Waals surface area contributed by atoms with Crippen molar-refractivity contribution in [3.63, 3.8) is 0 Å². The molecule has 2 aromatic rings. The molecule has 6 heteroatoms. The summed E-state index contributed by atoms with van der Waals surface area (Å²) in [5, 5.41) is 11.5. The van der Waals surface area contributed by atoms with Crippen molar-refractivity contribution in [1.82, 2.24) is 9.55 Å². The van der Waals surface area contributed by atoms with Crippen LogP contribution in [0.1, 0.15) is 21.7 Å². The van der Waals surface area contributed by atoms with Crippen LogP contribution in [0.15, 0.2) is 30.5 Å². The van der Waals surface area contributed by atoms with E-state index in [1.165, 1.54) is 4.57 Å². The Bertz CT molecular complexity index is 641. The normalized spacial score (nSPS) is 10.3. The van der Waals surface area contributed by atoms with Crippen molar-refractivity contribution < 1.29 is 14.7 Å². The molecule has 0 spiro atoms. The number of nitrogens with zero attached hydrogens (tertiary/aromatic N) is 2. The molecule has 2 heterocycles. The van der Waals surface area contributed by atoms with Crippen LogP contribution in [0.4, 0.5) is 5.82 Å². The summed E-state index contributed by atoms with van der Waals surface area (Å²) in [6.07, 6.45) is 1.55. The molecule has 2 aromatic heterocycles. The number of hydrogen-bond acceptors (Lipinski definition) is 3. The Kier molecular flexibility index (Phi) is 3.84. The zero-order valence-electron chi connectivity index (χ0n) is 11.3. The first-order valence-corrected chi connectivity index (χ1v) is 6.09. The van der Waals surface area contributed by atoms with Gasteiger partial charge in [-0.15, -0.1) is 0 Å². The number of carboxylic acids is 1. The van der Waals surface area contributed by atoms with Gasteiger partial charge in [-0.2, -0.15) is 0 Å². The zero-order valence-corrected chi connectivity index (χ0v) is 11.3. The number of hydrogen-bond donors (Lipinski definition) is 2. The number of aryl methyl sites for hydroxylation is 2. The number of anilines is 1. The van der Waals surface area contributed by atoms with Crippen LogP contribution in [0.5, 0.6) is 0 Å². The van der Waals surface area contributed by atoms with Crippen molar-refractivity contribution in [2.75, 3.05) is 5.32 Å². The van der Waals surface area contributed by atoms with Crippen LogP contribution >= 0.6 is 0 Å². The smallest absolute Gasteiger partial charge is 0.323 e. The fourth-order valence-corrected chi connectivity index (χ4v) is 1.99. The van der Waals surface area contributed by atoms with Gasteiger partial charge in [-0.3, -0.25) is 9.59 Å². The average Bonchev–Trinajstić information content (AvgIpc) is 2.74. The highest BCUT2D eigenvalue weighted by Crippen LogP contribution is 2.11. The highest BCUT2D eigenvalue weighted by Gasteiger charge is 2.13. The molecule has 0 bridgehead atoms. The van der Waals surface area contributed by atoms with Crippen LogP contribution in [-0.4, -0.2) is 26.5 Å². The summed E-state index contributed by atoms with van der Waals surface area (Å²) in [6, 6.07) is 6.87. The molecule has 0 aliphatic carbocycles. The minimum atomic E-state index is -1.00. The topological polar surface area (TPSA) is 84.2 Å². The first-order valence-electron chi connectivity index (χ1n) is 6.09. The quantitative estimate of drug-likeness (QED) is 0.890. The Balaban J connectivity index is 2.20. The van der Waals surface area contributed by atoms with Crippen molar-refractivity contribution in [3.8, 4) is 0 Å². The van der Waals surface area contributed by atoms with Crippen LogP contribution < -0.4 is 5.32 Å². The van der Waals surface area contributed by atoms with E-state index in [1.54, 1.807) is 24.4 Å². The molecule has 0 fully saturated rings. The largest absolute Gasteiger partial charge is 0.480 e. The van der Waals surface area contributed by atoms with Crippen molar-refractivity contribution in [2.45, 2.75) is 20.4 Å². The molecule has 104 valence electrons. The molecule has 0 saturated carbocycles. The van der Waals surface area contributed by atoms with Gasteiger partial charge >= 0.3 is 5.97 Å². The van der Waals surface area contributed by atoms with Crippen LogP contribution in [0.3, 0.4) is 0 Å². The number of rotatable bonds is 4. The monoisotopic (exact) mass is 273 g/mol. The van der Waals surface area contributed by atoms with Gasteiger partial charge in [-0.25, -0.2) is 4.98 Å². The second kappa shape index (κ2) is 5.56. The molecule has 0 aliphatic heterocycles. The third-order valence-corrected chi connectivity index (χ3v) is 2.71. The fourth-order valence-electron chi connectivity index (χ4n) is 1.99. The van der Waals surface area contributed by atoms with E-state index < -0.39 is 5.97 Å². The molecule has 6 nitrogen and oxygen atoms in total. The lowest BCUT2D eigenvalue weighted by Crippen LogP contribution is -2.20. The predicted octanol–water partition coefficient (Wildman–Crippen LogP) is 1.84. The van der Waals surface area contributed by atoms with Crippen molar-refractivity contribution in [3.05, 3.63) is 47.4 Å². The summed E-state index contributed by atoms with van der Waals surface area (Å²) in [5.74, 6) is -0.927. The molecule has 2 rings (SSSR count). The number of carbonyl (C=O) groups is 2. The highest BCUT2D eigenvalue weighted by atomic mass is 16.4. The maximum absolute atomic E-state index is 12.1. The lowest BCUT2D eigenvalue weighted by molar-refractivity contribution is -0.137. The van der Waals surface area contributed by atoms with Crippen LogP contribution in [0.2, 0.25) is 0 Å². The second-order valence-electron chi connectivity index (χ2n) is 4.54. The number of carbonyl (C=O) groups excluding carboxylic acids is 1. The molecule has 0 aromatic carbocycles. The van der Waals surface area contributed by atoms with Gasteiger partial charge in [0.25, 0.3) is 5.91 Å². The summed E-state index contributed by atoms with van der Waals surface area (Å²) >= 11 is 0. The zero-order chi connectivity index (χ0) is 14.7. The van der Waals surface area contributed by atoms with Crippen LogP contribution in [0, 0.1) is 13.8 Å². The van der Waals surface area contributed by atoms with Gasteiger partial charge < -0.3 is 15.0 Å². The minimum absolute atomic E-state index is 0.254. The Labute approximate surface area is 116 Å². The lowest BCUT2D eigenvalue weighted by Gasteiger charge is -2.08. The molecule has 0 atom stereocenters. The van der Waals surface area contributed by atoms with E-state index in [9.17, 15) is 9.59 Å². The molecular formula is C14H15N3O3. The molecule has 20 heavy (non-hydrogen) atoms. The van der Waals surface area contributed by atoms with E-state index in [-0.39, 0.29) is 18.1 Å². The van der Waals surface area contributed by atoms with Gasteiger partial charge in [0.2, 0.25) is 0 Å². The van der Waals surface area contributed by atoms with E-state index in [1.807, 2.05) is 19.9 Å². The van der Waals surface area contributed by atoms with Gasteiger partial charge in [-0.1, -0.05) is 0 Å². The molecule has 0 unspecified atom stereocenters. The molecular weight excluding hydrogens is 258 g/mol. The maximum atomic E-state index is 12.1. The highest BCUT2D eigenvalue weighted by molar-refractivity contribution is 6.02. The number of pyridine rings is 1. The van der Waals surface area contributed by atoms with Gasteiger partial charge in [0.1, 0.15) is 18.1 Å². The molecule has 1 amide bonds. The Morgan fingerprint density at radius 2 is 2.10 bits per heavy atom. The van der Waals surface area contributed by atoms with E-state index in [0.29, 0.717) is 5.82 Å². The predicted molar refractivity (Wildman–Crippen MR) is 73.7 cm³/mol. The minimum Gasteiger partial charge on any atom is -0.480 e. The summed E-state index contributed by atoms with van der Waals surface area (Å²) in [4.78, 5) is 27.1. The third kappa shape index (κ3) is 3.23. The van der Waals surface area contributed by atoms with E-state index in [2.05, 4.69) is 10.3 Å². The van der Waals surface area contributed by atoms with Crippen molar-refractivity contribution in [2.24, 2.45) is 0 Å². The fraction of sp³-hybridized carbons (Fsp3) is 0.214. The van der Waals surface area contributed by atoms with Crippen molar-refractivity contribution >= 4 is 17.7 Å². The van der Waals surface area contributed by atoms with E-state index in [4.69, 9.17) is 5.11 Å². The van der Waals surface area contributed by atoms with Gasteiger partial charge in [0.05, 0.1) is 0 Å². The maximum Gasteiger partial charge on any atom is 0.323 e. The van der Waals surface area contributed by atoms with Gasteiger partial charge in [-0.05, 0) is 43.7 Å². The summed E-state index contributed by atoms with van der Waals surface area (Å²) < 4.78 is 1.38. The average molecular weight is 273 g/mol. The number of amides is 1. The summed E-state index contributed by atoms with van der Waals surface area (Å²) in [7, 11) is 0. The summed E-state index contributed by atoms with van der Waals surface area (Å²) in [6.45, 7) is 3.50. The number of nitrogens with one attached hydrogen (secondary N) is 1. The first kappa shape index (κ1) is 13.8. The molecule has 2 N–H and O–H groups in total. The van der Waals surface area contributed by atoms with Gasteiger partial charge in [0.15, 0.2) is 0 Å². The molecule has 0 aliphatic rings. The Morgan fingerprint density at radius 1 is 1.35 bits per heavy atom. The number of aliphatic carboxylic acids is 1. The third-order valence-electron chi connectivity index (χ3n) is 2.71. The lowest BCUT2D eigenvalue weighted by atomic mass is 10.2. The van der Waals surface area contributed by atoms with E-state index >= 15 is 0 Å². The number of aromatic nitrogens is 2. The molecule has 0 saturated heterocycles. The standard InChI is InChI=1S/C14H15N3O3/c1-9-6-10(2)15-12(7-9)16-14(20)11-4-3-5-17(11)8-13(18)19/h3-7H,8H2,1-2H3,(H,18,19)(H,15,16,20). The van der Waals surface area contributed by atoms with E-state index in [0.717, 1.165) is 11.3 Å².